The lowest BCUT2D eigenvalue weighted by molar-refractivity contribution is 0.0523. The maximum Gasteiger partial charge on any atom is 0.407 e. The Bertz CT molecular complexity index is 845. The molecule has 0 aliphatic carbocycles. The van der Waals surface area contributed by atoms with Crippen LogP contribution in [0.1, 0.15) is 44.9 Å². The number of carbonyl (C=O) groups is 1. The molecule has 0 bridgehead atoms. The Kier molecular flexibility index (Phi) is 5.15. The Labute approximate surface area is 145 Å². The quantitative estimate of drug-likeness (QED) is 0.716. The number of nitrogens with one attached hydrogen (secondary N) is 2. The first-order chi connectivity index (χ1) is 11.6. The van der Waals surface area contributed by atoms with E-state index >= 15 is 0 Å². The van der Waals surface area contributed by atoms with Crippen molar-refractivity contribution in [1.29, 1.82) is 0 Å². The standard InChI is InChI=1S/C18H23N3O4/c1-10(21-14-13(19)15(22)16(14)23)12-7-5-6-11(8-12)9-20-17(24)25-18(2,3)4/h5-8,10,21H,9,19H2,1-4H3,(H,20,24). The van der Waals surface area contributed by atoms with Crippen LogP contribution >= 0.6 is 0 Å². The summed E-state index contributed by atoms with van der Waals surface area (Å²) in [5.41, 5.74) is 5.66. The second-order valence-corrected chi connectivity index (χ2v) is 6.91. The predicted octanol–water partition coefficient (Wildman–Crippen LogP) is 2.06. The average molecular weight is 345 g/mol. The fourth-order valence-electron chi connectivity index (χ4n) is 2.31. The number of alkyl carbamates (subject to hydrolysis) is 1. The van der Waals surface area contributed by atoms with Gasteiger partial charge in [0.25, 0.3) is 10.9 Å². The summed E-state index contributed by atoms with van der Waals surface area (Å²) >= 11 is 0. The summed E-state index contributed by atoms with van der Waals surface area (Å²) < 4.78 is 5.19. The topological polar surface area (TPSA) is 111 Å². The monoisotopic (exact) mass is 345 g/mol. The number of benzene rings is 1. The maximum absolute atomic E-state index is 11.7. The van der Waals surface area contributed by atoms with E-state index in [0.717, 1.165) is 11.1 Å². The van der Waals surface area contributed by atoms with E-state index in [2.05, 4.69) is 10.6 Å². The van der Waals surface area contributed by atoms with Gasteiger partial charge in [0.1, 0.15) is 17.0 Å². The summed E-state index contributed by atoms with van der Waals surface area (Å²) in [6.07, 6.45) is -0.486. The molecule has 4 N–H and O–H groups in total. The number of carbonyl (C=O) groups excluding carboxylic acids is 1. The van der Waals surface area contributed by atoms with Crippen LogP contribution in [0.25, 0.3) is 0 Å². The molecule has 7 heteroatoms. The second kappa shape index (κ2) is 6.96. The van der Waals surface area contributed by atoms with Crippen molar-refractivity contribution in [2.75, 3.05) is 11.1 Å². The molecule has 1 unspecified atom stereocenters. The molecule has 134 valence electrons. The van der Waals surface area contributed by atoms with E-state index < -0.39 is 22.6 Å². The minimum Gasteiger partial charge on any atom is -0.444 e. The molecule has 7 nitrogen and oxygen atoms in total. The van der Waals surface area contributed by atoms with Crippen LogP contribution in [-0.2, 0) is 11.3 Å². The molecule has 0 saturated heterocycles. The van der Waals surface area contributed by atoms with Crippen molar-refractivity contribution in [3.63, 3.8) is 0 Å². The molecule has 2 aromatic rings. The molecule has 0 radical (unpaired) electrons. The SMILES string of the molecule is CC(Nc1c(N)c(=O)c1=O)c1cccc(CNC(=O)OC(C)(C)C)c1. The molecule has 1 amide bonds. The highest BCUT2D eigenvalue weighted by atomic mass is 16.6. The van der Waals surface area contributed by atoms with Crippen molar-refractivity contribution >= 4 is 17.5 Å². The molecule has 0 heterocycles. The fraction of sp³-hybridized carbons (Fsp3) is 0.389. The number of hydrogen-bond acceptors (Lipinski definition) is 6. The van der Waals surface area contributed by atoms with Crippen molar-refractivity contribution in [3.05, 3.63) is 55.8 Å². The Balaban J connectivity index is 2.00. The first-order valence-corrected chi connectivity index (χ1v) is 7.99. The van der Waals surface area contributed by atoms with Crippen LogP contribution in [-0.4, -0.2) is 11.7 Å². The van der Waals surface area contributed by atoms with Gasteiger partial charge in [0.2, 0.25) is 0 Å². The van der Waals surface area contributed by atoms with Gasteiger partial charge in [0, 0.05) is 12.6 Å². The van der Waals surface area contributed by atoms with E-state index in [9.17, 15) is 14.4 Å². The lowest BCUT2D eigenvalue weighted by atomic mass is 10.0. The minimum atomic E-state index is -0.648. The highest BCUT2D eigenvalue weighted by Crippen LogP contribution is 2.21. The highest BCUT2D eigenvalue weighted by Gasteiger charge is 2.20. The van der Waals surface area contributed by atoms with Gasteiger partial charge in [0.05, 0.1) is 0 Å². The summed E-state index contributed by atoms with van der Waals surface area (Å²) in [5, 5.41) is 5.65. The zero-order valence-corrected chi connectivity index (χ0v) is 14.8. The van der Waals surface area contributed by atoms with Crippen LogP contribution in [0.3, 0.4) is 0 Å². The van der Waals surface area contributed by atoms with Gasteiger partial charge in [-0.25, -0.2) is 4.79 Å². The number of anilines is 2. The van der Waals surface area contributed by atoms with Gasteiger partial charge < -0.3 is 21.1 Å². The number of rotatable bonds is 5. The van der Waals surface area contributed by atoms with Crippen LogP contribution in [0.4, 0.5) is 16.2 Å². The van der Waals surface area contributed by atoms with Gasteiger partial charge in [-0.1, -0.05) is 24.3 Å². The Morgan fingerprint density at radius 2 is 1.92 bits per heavy atom. The first kappa shape index (κ1) is 18.5. The third-order valence-corrected chi connectivity index (χ3v) is 3.59. The zero-order chi connectivity index (χ0) is 18.8. The number of amides is 1. The van der Waals surface area contributed by atoms with Crippen molar-refractivity contribution in [1.82, 2.24) is 5.32 Å². The van der Waals surface area contributed by atoms with Gasteiger partial charge in [-0.2, -0.15) is 0 Å². The van der Waals surface area contributed by atoms with Gasteiger partial charge in [-0.3, -0.25) is 9.59 Å². The summed E-state index contributed by atoms with van der Waals surface area (Å²) in [6.45, 7) is 7.57. The summed E-state index contributed by atoms with van der Waals surface area (Å²) in [4.78, 5) is 34.4. The van der Waals surface area contributed by atoms with Gasteiger partial charge >= 0.3 is 6.09 Å². The molecule has 0 aliphatic heterocycles. The van der Waals surface area contributed by atoms with Crippen molar-refractivity contribution in [2.45, 2.75) is 45.9 Å². The first-order valence-electron chi connectivity index (χ1n) is 7.99. The average Bonchev–Trinajstić information content (AvgIpc) is 2.55. The molecule has 25 heavy (non-hydrogen) atoms. The van der Waals surface area contributed by atoms with Crippen molar-refractivity contribution < 1.29 is 9.53 Å². The van der Waals surface area contributed by atoms with E-state index in [1.54, 1.807) is 20.8 Å². The fourth-order valence-corrected chi connectivity index (χ4v) is 2.31. The lowest BCUT2D eigenvalue weighted by Gasteiger charge is -2.20. The zero-order valence-electron chi connectivity index (χ0n) is 14.8. The largest absolute Gasteiger partial charge is 0.444 e. The summed E-state index contributed by atoms with van der Waals surface area (Å²) in [5.74, 6) is 0. The third kappa shape index (κ3) is 4.59. The normalized spacial score (nSPS) is 12.6. The van der Waals surface area contributed by atoms with E-state index in [4.69, 9.17) is 10.5 Å². The maximum atomic E-state index is 11.7. The number of hydrogen-bond donors (Lipinski definition) is 3. The van der Waals surface area contributed by atoms with Crippen molar-refractivity contribution in [3.8, 4) is 0 Å². The second-order valence-electron chi connectivity index (χ2n) is 6.91. The molecule has 1 atom stereocenters. The van der Waals surface area contributed by atoms with Gasteiger partial charge in [0.15, 0.2) is 0 Å². The summed E-state index contributed by atoms with van der Waals surface area (Å²) in [7, 11) is 0. The molecule has 0 aliphatic rings. The Morgan fingerprint density at radius 3 is 2.52 bits per heavy atom. The van der Waals surface area contributed by atoms with Crippen LogP contribution in [0.15, 0.2) is 33.9 Å². The van der Waals surface area contributed by atoms with Crippen LogP contribution in [0, 0.1) is 0 Å². The lowest BCUT2D eigenvalue weighted by Crippen LogP contribution is -2.37. The molecule has 0 fully saturated rings. The smallest absolute Gasteiger partial charge is 0.407 e. The van der Waals surface area contributed by atoms with Gasteiger partial charge in [-0.15, -0.1) is 0 Å². The predicted molar refractivity (Wildman–Crippen MR) is 97.3 cm³/mol. The molecule has 2 aromatic carbocycles. The van der Waals surface area contributed by atoms with Crippen LogP contribution in [0.5, 0.6) is 0 Å². The Morgan fingerprint density at radius 1 is 1.24 bits per heavy atom. The Hall–Kier alpha value is -2.83. The van der Waals surface area contributed by atoms with E-state index in [1.807, 2.05) is 31.2 Å². The molecule has 2 rings (SSSR count). The minimum absolute atomic E-state index is 0.0282. The summed E-state index contributed by atoms with van der Waals surface area (Å²) in [6, 6.07) is 7.30. The number of ether oxygens (including phenoxy) is 1. The van der Waals surface area contributed by atoms with E-state index in [0.29, 0.717) is 6.54 Å². The molecule has 0 aromatic heterocycles. The van der Waals surface area contributed by atoms with E-state index in [1.165, 1.54) is 0 Å². The number of nitrogen functional groups attached to an aromatic ring is 1. The molecule has 0 spiro atoms. The van der Waals surface area contributed by atoms with Crippen LogP contribution < -0.4 is 27.2 Å². The van der Waals surface area contributed by atoms with E-state index in [-0.39, 0.29) is 17.4 Å². The van der Waals surface area contributed by atoms with Crippen LogP contribution in [0.2, 0.25) is 0 Å². The molecule has 0 saturated carbocycles. The number of nitrogens with two attached hydrogens (primary N) is 1. The van der Waals surface area contributed by atoms with Crippen molar-refractivity contribution in [2.24, 2.45) is 0 Å². The highest BCUT2D eigenvalue weighted by molar-refractivity contribution is 5.71. The third-order valence-electron chi connectivity index (χ3n) is 3.59. The molecular weight excluding hydrogens is 322 g/mol. The van der Waals surface area contributed by atoms with Gasteiger partial charge in [-0.05, 0) is 38.8 Å². The molecular formula is C18H23N3O4.